The molecular formula is C10H14N4O2S. The summed E-state index contributed by atoms with van der Waals surface area (Å²) < 4.78 is 0. The number of aromatic nitrogens is 2. The highest BCUT2D eigenvalue weighted by Gasteiger charge is 2.28. The van der Waals surface area contributed by atoms with E-state index < -0.39 is 6.04 Å². The Morgan fingerprint density at radius 2 is 2.12 bits per heavy atom. The zero-order valence-corrected chi connectivity index (χ0v) is 10.5. The molecule has 0 bridgehead atoms. The van der Waals surface area contributed by atoms with Gasteiger partial charge in [-0.15, -0.1) is 10.2 Å². The predicted molar refractivity (Wildman–Crippen MR) is 63.8 cm³/mol. The number of hydrogen-bond acceptors (Lipinski definition) is 5. The summed E-state index contributed by atoms with van der Waals surface area (Å²) in [6.07, 6.45) is 2.32. The minimum atomic E-state index is -0.569. The van der Waals surface area contributed by atoms with Gasteiger partial charge in [0, 0.05) is 12.8 Å². The quantitative estimate of drug-likeness (QED) is 0.835. The second kappa shape index (κ2) is 4.79. The number of anilines is 1. The summed E-state index contributed by atoms with van der Waals surface area (Å²) in [7, 11) is 0. The summed E-state index contributed by atoms with van der Waals surface area (Å²) in [6, 6.07) is -0.569. The van der Waals surface area contributed by atoms with Crippen LogP contribution in [0, 0.1) is 0 Å². The smallest absolute Gasteiger partial charge is 0.248 e. The number of amides is 2. The van der Waals surface area contributed by atoms with E-state index in [1.807, 2.05) is 0 Å². The fourth-order valence-corrected chi connectivity index (χ4v) is 2.28. The molecule has 2 amide bonds. The highest BCUT2D eigenvalue weighted by Crippen LogP contribution is 2.41. The van der Waals surface area contributed by atoms with Crippen molar-refractivity contribution in [3.05, 3.63) is 5.01 Å². The predicted octanol–water partition coefficient (Wildman–Crippen LogP) is 0.879. The van der Waals surface area contributed by atoms with E-state index in [4.69, 9.17) is 0 Å². The van der Waals surface area contributed by atoms with Crippen molar-refractivity contribution in [3.63, 3.8) is 0 Å². The molecule has 0 aromatic carbocycles. The van der Waals surface area contributed by atoms with Crippen molar-refractivity contribution in [2.75, 3.05) is 5.32 Å². The molecule has 1 atom stereocenters. The Kier molecular flexibility index (Phi) is 3.37. The summed E-state index contributed by atoms with van der Waals surface area (Å²) in [6.45, 7) is 3.00. The van der Waals surface area contributed by atoms with Gasteiger partial charge < -0.3 is 5.32 Å². The Hall–Kier alpha value is -1.50. The molecule has 0 saturated heterocycles. The van der Waals surface area contributed by atoms with Gasteiger partial charge in [0.05, 0.1) is 0 Å². The molecule has 1 unspecified atom stereocenters. The molecule has 0 radical (unpaired) electrons. The van der Waals surface area contributed by atoms with E-state index >= 15 is 0 Å². The third-order valence-corrected chi connectivity index (χ3v) is 3.41. The van der Waals surface area contributed by atoms with E-state index in [1.165, 1.54) is 18.3 Å². The van der Waals surface area contributed by atoms with Gasteiger partial charge in [0.15, 0.2) is 0 Å². The van der Waals surface area contributed by atoms with Gasteiger partial charge in [0.25, 0.3) is 0 Å². The molecule has 0 spiro atoms. The first-order valence-electron chi connectivity index (χ1n) is 5.47. The van der Waals surface area contributed by atoms with Gasteiger partial charge in [-0.05, 0) is 19.8 Å². The van der Waals surface area contributed by atoms with Crippen LogP contribution < -0.4 is 10.6 Å². The van der Waals surface area contributed by atoms with Gasteiger partial charge in [0.1, 0.15) is 11.0 Å². The van der Waals surface area contributed by atoms with E-state index in [2.05, 4.69) is 20.8 Å². The summed E-state index contributed by atoms with van der Waals surface area (Å²) in [4.78, 5) is 22.5. The standard InChI is InChI=1S/C10H14N4O2S/c1-5(11-6(2)15)8(16)12-10-14-13-9(17-10)7-3-4-7/h5,7H,3-4H2,1-2H3,(H,11,15)(H,12,14,16). The fourth-order valence-electron chi connectivity index (χ4n) is 1.36. The second-order valence-electron chi connectivity index (χ2n) is 4.13. The van der Waals surface area contributed by atoms with E-state index in [9.17, 15) is 9.59 Å². The lowest BCUT2D eigenvalue weighted by atomic mass is 10.3. The van der Waals surface area contributed by atoms with Gasteiger partial charge in [-0.2, -0.15) is 0 Å². The van der Waals surface area contributed by atoms with Crippen LogP contribution in [-0.4, -0.2) is 28.1 Å². The number of carbonyl (C=O) groups excluding carboxylic acids is 2. The van der Waals surface area contributed by atoms with Crippen LogP contribution in [0.15, 0.2) is 0 Å². The SMILES string of the molecule is CC(=O)NC(C)C(=O)Nc1nnc(C2CC2)s1. The summed E-state index contributed by atoms with van der Waals surface area (Å²) >= 11 is 1.40. The minimum absolute atomic E-state index is 0.233. The van der Waals surface area contributed by atoms with Gasteiger partial charge >= 0.3 is 0 Å². The lowest BCUT2D eigenvalue weighted by Crippen LogP contribution is -2.40. The zero-order chi connectivity index (χ0) is 12.4. The first-order chi connectivity index (χ1) is 8.06. The molecule has 2 rings (SSSR count). The van der Waals surface area contributed by atoms with Crippen LogP contribution in [0.3, 0.4) is 0 Å². The van der Waals surface area contributed by atoms with Crippen molar-refractivity contribution >= 4 is 28.3 Å². The Balaban J connectivity index is 1.90. The number of rotatable bonds is 4. The first-order valence-corrected chi connectivity index (χ1v) is 6.29. The number of nitrogens with one attached hydrogen (secondary N) is 2. The molecule has 1 aromatic heterocycles. The monoisotopic (exact) mass is 254 g/mol. The molecule has 1 aliphatic rings. The highest BCUT2D eigenvalue weighted by atomic mass is 32.1. The minimum Gasteiger partial charge on any atom is -0.345 e. The fraction of sp³-hybridized carbons (Fsp3) is 0.600. The van der Waals surface area contributed by atoms with E-state index in [-0.39, 0.29) is 11.8 Å². The van der Waals surface area contributed by atoms with E-state index in [0.717, 1.165) is 17.8 Å². The van der Waals surface area contributed by atoms with Crippen LogP contribution >= 0.6 is 11.3 Å². The Morgan fingerprint density at radius 1 is 1.41 bits per heavy atom. The van der Waals surface area contributed by atoms with Crippen LogP contribution in [0.5, 0.6) is 0 Å². The number of carbonyl (C=O) groups is 2. The maximum atomic E-state index is 11.7. The van der Waals surface area contributed by atoms with E-state index in [0.29, 0.717) is 11.0 Å². The molecule has 1 aromatic rings. The molecule has 1 fully saturated rings. The van der Waals surface area contributed by atoms with Crippen LogP contribution in [0.1, 0.15) is 37.6 Å². The van der Waals surface area contributed by atoms with Crippen LogP contribution in [-0.2, 0) is 9.59 Å². The molecule has 1 aliphatic carbocycles. The third kappa shape index (κ3) is 3.23. The molecule has 6 nitrogen and oxygen atoms in total. The Labute approximate surface area is 103 Å². The average Bonchev–Trinajstić information content (AvgIpc) is 2.99. The lowest BCUT2D eigenvalue weighted by molar-refractivity contribution is -0.124. The average molecular weight is 254 g/mol. The van der Waals surface area contributed by atoms with Crippen molar-refractivity contribution in [1.29, 1.82) is 0 Å². The van der Waals surface area contributed by atoms with E-state index in [1.54, 1.807) is 6.92 Å². The summed E-state index contributed by atoms with van der Waals surface area (Å²) in [5.41, 5.74) is 0. The maximum absolute atomic E-state index is 11.7. The molecule has 1 saturated carbocycles. The molecule has 2 N–H and O–H groups in total. The van der Waals surface area contributed by atoms with Crippen molar-refractivity contribution in [2.45, 2.75) is 38.6 Å². The van der Waals surface area contributed by atoms with Crippen molar-refractivity contribution in [2.24, 2.45) is 0 Å². The molecule has 92 valence electrons. The van der Waals surface area contributed by atoms with Crippen LogP contribution in [0.2, 0.25) is 0 Å². The topological polar surface area (TPSA) is 84.0 Å². The Bertz CT molecular complexity index is 441. The van der Waals surface area contributed by atoms with Crippen molar-refractivity contribution in [3.8, 4) is 0 Å². The van der Waals surface area contributed by atoms with Gasteiger partial charge in [-0.25, -0.2) is 0 Å². The molecule has 7 heteroatoms. The molecule has 17 heavy (non-hydrogen) atoms. The first kappa shape index (κ1) is 12.0. The Morgan fingerprint density at radius 3 is 2.71 bits per heavy atom. The lowest BCUT2D eigenvalue weighted by Gasteiger charge is -2.10. The van der Waals surface area contributed by atoms with Gasteiger partial charge in [-0.3, -0.25) is 14.9 Å². The normalized spacial score (nSPS) is 16.4. The third-order valence-electron chi connectivity index (χ3n) is 2.41. The van der Waals surface area contributed by atoms with Gasteiger partial charge in [-0.1, -0.05) is 11.3 Å². The van der Waals surface area contributed by atoms with Crippen LogP contribution in [0.4, 0.5) is 5.13 Å². The van der Waals surface area contributed by atoms with Crippen molar-refractivity contribution < 1.29 is 9.59 Å². The second-order valence-corrected chi connectivity index (χ2v) is 5.14. The summed E-state index contributed by atoms with van der Waals surface area (Å²) in [5.74, 6) is 0.0215. The van der Waals surface area contributed by atoms with Gasteiger partial charge in [0.2, 0.25) is 16.9 Å². The highest BCUT2D eigenvalue weighted by molar-refractivity contribution is 7.15. The molecular weight excluding hydrogens is 240 g/mol. The largest absolute Gasteiger partial charge is 0.345 e. The number of hydrogen-bond donors (Lipinski definition) is 2. The molecule has 1 heterocycles. The van der Waals surface area contributed by atoms with Crippen molar-refractivity contribution in [1.82, 2.24) is 15.5 Å². The summed E-state index contributed by atoms with van der Waals surface area (Å²) in [5, 5.41) is 14.5. The number of nitrogens with zero attached hydrogens (tertiary/aromatic N) is 2. The zero-order valence-electron chi connectivity index (χ0n) is 9.69. The maximum Gasteiger partial charge on any atom is 0.248 e. The van der Waals surface area contributed by atoms with Crippen LogP contribution in [0.25, 0.3) is 0 Å². The molecule has 0 aliphatic heterocycles.